The van der Waals surface area contributed by atoms with E-state index in [1.54, 1.807) is 6.21 Å². The van der Waals surface area contributed by atoms with Gasteiger partial charge in [-0.3, -0.25) is 4.79 Å². The van der Waals surface area contributed by atoms with Crippen molar-refractivity contribution in [3.05, 3.63) is 108 Å². The first kappa shape index (κ1) is 18.3. The van der Waals surface area contributed by atoms with Crippen molar-refractivity contribution in [2.24, 2.45) is 5.10 Å². The Hall–Kier alpha value is -4.12. The molecule has 0 fully saturated rings. The Morgan fingerprint density at radius 3 is 1.72 bits per heavy atom. The van der Waals surface area contributed by atoms with Crippen LogP contribution in [0.3, 0.4) is 0 Å². The Morgan fingerprint density at radius 2 is 1.21 bits per heavy atom. The van der Waals surface area contributed by atoms with Crippen LogP contribution in [0.15, 0.2) is 102 Å². The maximum Gasteiger partial charge on any atom is 0.309 e. The summed E-state index contributed by atoms with van der Waals surface area (Å²) >= 11 is 0. The van der Waals surface area contributed by atoms with E-state index in [0.717, 1.165) is 16.7 Å². The van der Waals surface area contributed by atoms with E-state index in [1.165, 1.54) is 0 Å². The van der Waals surface area contributed by atoms with Crippen molar-refractivity contribution in [1.82, 2.24) is 15.4 Å². The zero-order valence-corrected chi connectivity index (χ0v) is 15.6. The van der Waals surface area contributed by atoms with E-state index in [4.69, 9.17) is 0 Å². The Balaban J connectivity index is 1.66. The minimum Gasteiger partial charge on any atom is -0.264 e. The van der Waals surface area contributed by atoms with E-state index >= 15 is 0 Å². The molecule has 0 bridgehead atoms. The summed E-state index contributed by atoms with van der Waals surface area (Å²) in [6.07, 6.45) is 1.58. The van der Waals surface area contributed by atoms with Crippen LogP contribution >= 0.6 is 0 Å². The minimum absolute atomic E-state index is 0.0652. The molecule has 29 heavy (non-hydrogen) atoms. The predicted molar refractivity (Wildman–Crippen MR) is 114 cm³/mol. The third kappa shape index (κ3) is 4.59. The van der Waals surface area contributed by atoms with Gasteiger partial charge < -0.3 is 0 Å². The third-order valence-electron chi connectivity index (χ3n) is 4.25. The van der Waals surface area contributed by atoms with Gasteiger partial charge in [0.05, 0.1) is 17.6 Å². The first-order valence-electron chi connectivity index (χ1n) is 9.18. The fourth-order valence-electron chi connectivity index (χ4n) is 2.82. The molecule has 0 aliphatic heterocycles. The van der Waals surface area contributed by atoms with E-state index in [0.29, 0.717) is 11.4 Å². The lowest BCUT2D eigenvalue weighted by Gasteiger charge is -2.08. The summed E-state index contributed by atoms with van der Waals surface area (Å²) in [6.45, 7) is 0. The number of aromatic nitrogens is 2. The molecule has 1 aromatic heterocycles. The first-order valence-corrected chi connectivity index (χ1v) is 9.18. The Bertz CT molecular complexity index is 1070. The number of nitrogens with zero attached hydrogens (tertiary/aromatic N) is 3. The second-order valence-electron chi connectivity index (χ2n) is 6.30. The van der Waals surface area contributed by atoms with E-state index < -0.39 is 5.91 Å². The van der Waals surface area contributed by atoms with Crippen LogP contribution in [0, 0.1) is 0 Å². The van der Waals surface area contributed by atoms with Gasteiger partial charge in [-0.05, 0) is 11.6 Å². The van der Waals surface area contributed by atoms with Gasteiger partial charge in [-0.25, -0.2) is 15.4 Å². The van der Waals surface area contributed by atoms with Gasteiger partial charge in [0.15, 0.2) is 0 Å². The number of carbonyl (C=O) groups is 1. The van der Waals surface area contributed by atoms with E-state index in [9.17, 15) is 4.79 Å². The van der Waals surface area contributed by atoms with Gasteiger partial charge in [-0.1, -0.05) is 91.0 Å². The number of hydrogen-bond donors (Lipinski definition) is 1. The summed E-state index contributed by atoms with van der Waals surface area (Å²) in [4.78, 5) is 21.6. The van der Waals surface area contributed by atoms with Crippen molar-refractivity contribution in [2.75, 3.05) is 0 Å². The average Bonchev–Trinajstić information content (AvgIpc) is 2.80. The van der Waals surface area contributed by atoms with Crippen LogP contribution < -0.4 is 5.43 Å². The predicted octanol–water partition coefficient (Wildman–Crippen LogP) is 4.57. The molecule has 0 saturated heterocycles. The summed E-state index contributed by atoms with van der Waals surface area (Å²) in [5.41, 5.74) is 6.57. The fraction of sp³-hybridized carbons (Fsp3) is 0. The van der Waals surface area contributed by atoms with Crippen molar-refractivity contribution in [2.45, 2.75) is 0 Å². The molecule has 5 nitrogen and oxygen atoms in total. The second-order valence-corrected chi connectivity index (χ2v) is 6.30. The van der Waals surface area contributed by atoms with Crippen molar-refractivity contribution in [1.29, 1.82) is 0 Å². The highest BCUT2D eigenvalue weighted by Crippen LogP contribution is 2.23. The van der Waals surface area contributed by atoms with Crippen LogP contribution in [0.1, 0.15) is 16.2 Å². The summed E-state index contributed by atoms with van der Waals surface area (Å²) in [7, 11) is 0. The van der Waals surface area contributed by atoms with E-state index in [1.807, 2.05) is 97.1 Å². The summed E-state index contributed by atoms with van der Waals surface area (Å²) in [5, 5.41) is 4.02. The second kappa shape index (κ2) is 8.71. The molecular weight excluding hydrogens is 360 g/mol. The van der Waals surface area contributed by atoms with Gasteiger partial charge in [0.1, 0.15) is 0 Å². The average molecular weight is 378 g/mol. The normalized spacial score (nSPS) is 10.8. The van der Waals surface area contributed by atoms with Crippen LogP contribution in [-0.4, -0.2) is 22.1 Å². The zero-order valence-electron chi connectivity index (χ0n) is 15.6. The molecule has 1 N–H and O–H groups in total. The summed E-state index contributed by atoms with van der Waals surface area (Å²) in [5.74, 6) is -0.400. The molecule has 0 atom stereocenters. The standard InChI is InChI=1S/C24H18N4O/c29-24(28-25-17-18-10-4-1-5-11-18)23-26-21(19-12-6-2-7-13-19)16-22(27-23)20-14-8-3-9-15-20/h1-17H,(H,28,29)/b25-17+. The largest absolute Gasteiger partial charge is 0.309 e. The molecule has 140 valence electrons. The highest BCUT2D eigenvalue weighted by atomic mass is 16.2. The highest BCUT2D eigenvalue weighted by molar-refractivity contribution is 5.92. The maximum atomic E-state index is 12.7. The molecular formula is C24H18N4O. The van der Waals surface area contributed by atoms with Crippen molar-refractivity contribution >= 4 is 12.1 Å². The smallest absolute Gasteiger partial charge is 0.264 e. The number of rotatable bonds is 5. The van der Waals surface area contributed by atoms with E-state index in [-0.39, 0.29) is 5.82 Å². The number of benzene rings is 3. The van der Waals surface area contributed by atoms with Gasteiger partial charge >= 0.3 is 5.91 Å². The van der Waals surface area contributed by atoms with Crippen molar-refractivity contribution in [3.63, 3.8) is 0 Å². The number of hydrogen-bond acceptors (Lipinski definition) is 4. The monoisotopic (exact) mass is 378 g/mol. The van der Waals surface area contributed by atoms with Gasteiger partial charge in [0.25, 0.3) is 0 Å². The van der Waals surface area contributed by atoms with Crippen LogP contribution in [0.25, 0.3) is 22.5 Å². The quantitative estimate of drug-likeness (QED) is 0.408. The lowest BCUT2D eigenvalue weighted by Crippen LogP contribution is -2.21. The van der Waals surface area contributed by atoms with Gasteiger partial charge in [-0.15, -0.1) is 0 Å². The minimum atomic E-state index is -0.466. The first-order chi connectivity index (χ1) is 14.3. The lowest BCUT2D eigenvalue weighted by atomic mass is 10.1. The number of hydrazone groups is 1. The van der Waals surface area contributed by atoms with Gasteiger partial charge in [0, 0.05) is 11.1 Å². The molecule has 1 amide bonds. The molecule has 0 unspecified atom stereocenters. The molecule has 5 heteroatoms. The van der Waals surface area contributed by atoms with Gasteiger partial charge in [0.2, 0.25) is 5.82 Å². The molecule has 0 aliphatic rings. The SMILES string of the molecule is O=C(N/N=C/c1ccccc1)c1nc(-c2ccccc2)cc(-c2ccccc2)n1. The van der Waals surface area contributed by atoms with Crippen LogP contribution in [-0.2, 0) is 0 Å². The molecule has 3 aromatic carbocycles. The molecule has 0 aliphatic carbocycles. The Labute approximate surface area is 168 Å². The van der Waals surface area contributed by atoms with Crippen molar-refractivity contribution < 1.29 is 4.79 Å². The Kier molecular flexibility index (Phi) is 5.48. The van der Waals surface area contributed by atoms with Crippen LogP contribution in [0.5, 0.6) is 0 Å². The highest BCUT2D eigenvalue weighted by Gasteiger charge is 2.14. The number of amides is 1. The third-order valence-corrected chi connectivity index (χ3v) is 4.25. The van der Waals surface area contributed by atoms with E-state index in [2.05, 4.69) is 20.5 Å². The molecule has 0 radical (unpaired) electrons. The molecule has 0 spiro atoms. The number of carbonyl (C=O) groups excluding carboxylic acids is 1. The van der Waals surface area contributed by atoms with Crippen LogP contribution in [0.4, 0.5) is 0 Å². The van der Waals surface area contributed by atoms with Gasteiger partial charge in [-0.2, -0.15) is 5.10 Å². The molecule has 0 saturated carbocycles. The fourth-order valence-corrected chi connectivity index (χ4v) is 2.82. The van der Waals surface area contributed by atoms with Crippen molar-refractivity contribution in [3.8, 4) is 22.5 Å². The number of nitrogens with one attached hydrogen (secondary N) is 1. The van der Waals surface area contributed by atoms with Crippen LogP contribution in [0.2, 0.25) is 0 Å². The molecule has 1 heterocycles. The Morgan fingerprint density at radius 1 is 0.724 bits per heavy atom. The zero-order chi connectivity index (χ0) is 19.9. The molecule has 4 aromatic rings. The summed E-state index contributed by atoms with van der Waals surface area (Å²) < 4.78 is 0. The topological polar surface area (TPSA) is 67.2 Å². The summed E-state index contributed by atoms with van der Waals surface area (Å²) in [6, 6.07) is 30.8. The molecule has 4 rings (SSSR count). The lowest BCUT2D eigenvalue weighted by molar-refractivity contribution is 0.0945. The maximum absolute atomic E-state index is 12.7.